The van der Waals surface area contributed by atoms with E-state index in [-0.39, 0.29) is 23.8 Å². The molecule has 6 nitrogen and oxygen atoms in total. The van der Waals surface area contributed by atoms with Crippen LogP contribution in [0.5, 0.6) is 0 Å². The summed E-state index contributed by atoms with van der Waals surface area (Å²) in [5, 5.41) is 0. The van der Waals surface area contributed by atoms with Gasteiger partial charge in [-0.3, -0.25) is 9.59 Å². The SMILES string of the molecule is COCCN(CCOC)C(=O)C1CC(=O)N(C(C)C)C1. The second-order valence-electron chi connectivity index (χ2n) is 5.35. The van der Waals surface area contributed by atoms with Crippen molar-refractivity contribution in [2.45, 2.75) is 26.3 Å². The van der Waals surface area contributed by atoms with E-state index in [2.05, 4.69) is 0 Å². The monoisotopic (exact) mass is 286 g/mol. The molecule has 0 spiro atoms. The molecule has 0 N–H and O–H groups in total. The first-order valence-electron chi connectivity index (χ1n) is 7.07. The van der Waals surface area contributed by atoms with E-state index in [1.807, 2.05) is 13.8 Å². The molecule has 1 atom stereocenters. The molecular weight excluding hydrogens is 260 g/mol. The molecule has 1 aliphatic heterocycles. The average molecular weight is 286 g/mol. The molecule has 1 rings (SSSR count). The molecule has 116 valence electrons. The number of carbonyl (C=O) groups is 2. The molecule has 20 heavy (non-hydrogen) atoms. The van der Waals surface area contributed by atoms with E-state index < -0.39 is 0 Å². The summed E-state index contributed by atoms with van der Waals surface area (Å²) in [5.41, 5.74) is 0. The molecule has 1 aliphatic rings. The summed E-state index contributed by atoms with van der Waals surface area (Å²) in [6.45, 7) is 6.51. The maximum atomic E-state index is 12.5. The Morgan fingerprint density at radius 3 is 2.25 bits per heavy atom. The first kappa shape index (κ1) is 16.9. The van der Waals surface area contributed by atoms with Crippen LogP contribution in [0.25, 0.3) is 0 Å². The van der Waals surface area contributed by atoms with Crippen LogP contribution in [0.4, 0.5) is 0 Å². The Balaban J connectivity index is 2.62. The van der Waals surface area contributed by atoms with Gasteiger partial charge in [-0.2, -0.15) is 0 Å². The zero-order chi connectivity index (χ0) is 15.1. The van der Waals surface area contributed by atoms with Crippen molar-refractivity contribution in [2.24, 2.45) is 5.92 Å². The van der Waals surface area contributed by atoms with E-state index in [9.17, 15) is 9.59 Å². The van der Waals surface area contributed by atoms with E-state index in [1.165, 1.54) is 0 Å². The third-order valence-corrected chi connectivity index (χ3v) is 3.57. The van der Waals surface area contributed by atoms with Crippen LogP contribution in [-0.2, 0) is 19.1 Å². The molecule has 6 heteroatoms. The Bertz CT molecular complexity index is 325. The zero-order valence-electron chi connectivity index (χ0n) is 12.9. The maximum Gasteiger partial charge on any atom is 0.228 e. The largest absolute Gasteiger partial charge is 0.383 e. The molecule has 1 unspecified atom stereocenters. The van der Waals surface area contributed by atoms with Crippen LogP contribution < -0.4 is 0 Å². The molecule has 0 aliphatic carbocycles. The van der Waals surface area contributed by atoms with Gasteiger partial charge < -0.3 is 19.3 Å². The van der Waals surface area contributed by atoms with Crippen LogP contribution in [0.1, 0.15) is 20.3 Å². The number of hydrogen-bond donors (Lipinski definition) is 0. The average Bonchev–Trinajstić information content (AvgIpc) is 2.80. The van der Waals surface area contributed by atoms with Gasteiger partial charge in [-0.25, -0.2) is 0 Å². The van der Waals surface area contributed by atoms with Crippen LogP contribution in [0, 0.1) is 5.92 Å². The number of carbonyl (C=O) groups excluding carboxylic acids is 2. The van der Waals surface area contributed by atoms with Gasteiger partial charge in [0.25, 0.3) is 0 Å². The number of hydrogen-bond acceptors (Lipinski definition) is 4. The van der Waals surface area contributed by atoms with Crippen molar-refractivity contribution in [2.75, 3.05) is 47.1 Å². The molecule has 0 radical (unpaired) electrons. The summed E-state index contributed by atoms with van der Waals surface area (Å²) in [4.78, 5) is 27.9. The quantitative estimate of drug-likeness (QED) is 0.646. The highest BCUT2D eigenvalue weighted by atomic mass is 16.5. The van der Waals surface area contributed by atoms with E-state index in [0.717, 1.165) is 0 Å². The van der Waals surface area contributed by atoms with Crippen molar-refractivity contribution in [3.8, 4) is 0 Å². The summed E-state index contributed by atoms with van der Waals surface area (Å²) >= 11 is 0. The Hall–Kier alpha value is -1.14. The van der Waals surface area contributed by atoms with E-state index >= 15 is 0 Å². The van der Waals surface area contributed by atoms with Crippen LogP contribution in [-0.4, -0.2) is 74.7 Å². The van der Waals surface area contributed by atoms with Gasteiger partial charge in [0.2, 0.25) is 11.8 Å². The highest BCUT2D eigenvalue weighted by molar-refractivity contribution is 5.89. The van der Waals surface area contributed by atoms with Crippen LogP contribution in [0.15, 0.2) is 0 Å². The van der Waals surface area contributed by atoms with Gasteiger partial charge >= 0.3 is 0 Å². The molecular formula is C14H26N2O4. The minimum absolute atomic E-state index is 0.0237. The van der Waals surface area contributed by atoms with Gasteiger partial charge in [-0.15, -0.1) is 0 Å². The summed E-state index contributed by atoms with van der Waals surface area (Å²) in [6.07, 6.45) is 0.313. The van der Waals surface area contributed by atoms with Crippen molar-refractivity contribution in [3.05, 3.63) is 0 Å². The summed E-state index contributed by atoms with van der Waals surface area (Å²) in [5.74, 6) is -0.147. The first-order chi connectivity index (χ1) is 9.51. The fourth-order valence-corrected chi connectivity index (χ4v) is 2.39. The fraction of sp³-hybridized carbons (Fsp3) is 0.857. The van der Waals surface area contributed by atoms with Crippen molar-refractivity contribution < 1.29 is 19.1 Å². The predicted molar refractivity (Wildman–Crippen MR) is 75.3 cm³/mol. The van der Waals surface area contributed by atoms with E-state index in [0.29, 0.717) is 39.3 Å². The molecule has 0 aromatic heterocycles. The second kappa shape index (κ2) is 8.21. The predicted octanol–water partition coefficient (Wildman–Crippen LogP) is 0.365. The molecule has 0 saturated carbocycles. The highest BCUT2D eigenvalue weighted by Gasteiger charge is 2.37. The number of nitrogens with zero attached hydrogens (tertiary/aromatic N) is 2. The Morgan fingerprint density at radius 2 is 1.85 bits per heavy atom. The van der Waals surface area contributed by atoms with Crippen LogP contribution >= 0.6 is 0 Å². The van der Waals surface area contributed by atoms with Gasteiger partial charge in [0, 0.05) is 46.3 Å². The van der Waals surface area contributed by atoms with Gasteiger partial charge in [-0.05, 0) is 13.8 Å². The molecule has 1 fully saturated rings. The number of likely N-dealkylation sites (tertiary alicyclic amines) is 1. The van der Waals surface area contributed by atoms with Gasteiger partial charge in [0.1, 0.15) is 0 Å². The molecule has 0 aromatic rings. The van der Waals surface area contributed by atoms with Crippen molar-refractivity contribution >= 4 is 11.8 Å². The summed E-state index contributed by atoms with van der Waals surface area (Å²) < 4.78 is 10.1. The highest BCUT2D eigenvalue weighted by Crippen LogP contribution is 2.22. The molecule has 1 heterocycles. The Kier molecular flexibility index (Phi) is 6.95. The van der Waals surface area contributed by atoms with Crippen LogP contribution in [0.3, 0.4) is 0 Å². The zero-order valence-corrected chi connectivity index (χ0v) is 12.9. The number of amides is 2. The normalized spacial score (nSPS) is 18.9. The lowest BCUT2D eigenvalue weighted by atomic mass is 10.1. The lowest BCUT2D eigenvalue weighted by molar-refractivity contribution is -0.137. The van der Waals surface area contributed by atoms with E-state index in [4.69, 9.17) is 9.47 Å². The maximum absolute atomic E-state index is 12.5. The van der Waals surface area contributed by atoms with Gasteiger partial charge in [-0.1, -0.05) is 0 Å². The topological polar surface area (TPSA) is 59.1 Å². The number of ether oxygens (including phenoxy) is 2. The lowest BCUT2D eigenvalue weighted by Crippen LogP contribution is -2.41. The Labute approximate surface area is 121 Å². The summed E-state index contributed by atoms with van der Waals surface area (Å²) in [6, 6.07) is 0.145. The third-order valence-electron chi connectivity index (χ3n) is 3.57. The third kappa shape index (κ3) is 4.45. The number of rotatable bonds is 8. The van der Waals surface area contributed by atoms with Crippen LogP contribution in [0.2, 0.25) is 0 Å². The molecule has 1 saturated heterocycles. The Morgan fingerprint density at radius 1 is 1.30 bits per heavy atom. The van der Waals surface area contributed by atoms with Crippen molar-refractivity contribution in [1.82, 2.24) is 9.80 Å². The van der Waals surface area contributed by atoms with Crippen molar-refractivity contribution in [3.63, 3.8) is 0 Å². The minimum Gasteiger partial charge on any atom is -0.383 e. The van der Waals surface area contributed by atoms with Crippen molar-refractivity contribution in [1.29, 1.82) is 0 Å². The fourth-order valence-electron chi connectivity index (χ4n) is 2.39. The smallest absolute Gasteiger partial charge is 0.228 e. The molecule has 2 amide bonds. The molecule has 0 bridgehead atoms. The summed E-state index contributed by atoms with van der Waals surface area (Å²) in [7, 11) is 3.22. The van der Waals surface area contributed by atoms with Gasteiger partial charge in [0.15, 0.2) is 0 Å². The second-order valence-corrected chi connectivity index (χ2v) is 5.35. The minimum atomic E-state index is -0.237. The lowest BCUT2D eigenvalue weighted by Gasteiger charge is -2.26. The standard InChI is InChI=1S/C14H26N2O4/c1-11(2)16-10-12(9-13(16)17)14(18)15(5-7-19-3)6-8-20-4/h11-12H,5-10H2,1-4H3. The number of methoxy groups -OCH3 is 2. The molecule has 0 aromatic carbocycles. The van der Waals surface area contributed by atoms with Gasteiger partial charge in [0.05, 0.1) is 19.1 Å². The van der Waals surface area contributed by atoms with E-state index in [1.54, 1.807) is 24.0 Å². The first-order valence-corrected chi connectivity index (χ1v) is 7.07.